The van der Waals surface area contributed by atoms with Crippen molar-refractivity contribution in [1.82, 2.24) is 20.1 Å². The molecule has 0 bridgehead atoms. The number of hydrogen-bond donors (Lipinski definition) is 3. The number of rotatable bonds is 14. The second-order valence-electron chi connectivity index (χ2n) is 10.1. The number of nitrogens with zero attached hydrogens (tertiary/aromatic N) is 3. The number of unbranched alkanes of at least 4 members (excludes halogenated alkanes) is 2. The molecular formula is C30H40FN5O6. The lowest BCUT2D eigenvalue weighted by molar-refractivity contribution is -0.138. The Labute approximate surface area is 245 Å². The van der Waals surface area contributed by atoms with Gasteiger partial charge in [0, 0.05) is 44.7 Å². The van der Waals surface area contributed by atoms with Gasteiger partial charge in [0.15, 0.2) is 5.82 Å². The molecule has 1 atom stereocenters. The van der Waals surface area contributed by atoms with E-state index in [1.807, 2.05) is 13.8 Å². The van der Waals surface area contributed by atoms with Gasteiger partial charge in [-0.15, -0.1) is 0 Å². The Bertz CT molecular complexity index is 1220. The average Bonchev–Trinajstić information content (AvgIpc) is 3.00. The number of pyridine rings is 1. The molecule has 0 radical (unpaired) electrons. The molecule has 228 valence electrons. The van der Waals surface area contributed by atoms with Crippen LogP contribution in [0.3, 0.4) is 0 Å². The van der Waals surface area contributed by atoms with Crippen LogP contribution in [0.2, 0.25) is 0 Å². The molecule has 42 heavy (non-hydrogen) atoms. The lowest BCUT2D eigenvalue weighted by Crippen LogP contribution is -2.56. The third-order valence-electron chi connectivity index (χ3n) is 6.91. The second-order valence-corrected chi connectivity index (χ2v) is 10.1. The van der Waals surface area contributed by atoms with Crippen molar-refractivity contribution in [2.24, 2.45) is 0 Å². The largest absolute Gasteiger partial charge is 0.481 e. The lowest BCUT2D eigenvalue weighted by atomic mass is 10.1. The van der Waals surface area contributed by atoms with E-state index in [4.69, 9.17) is 4.74 Å². The topological polar surface area (TPSA) is 141 Å². The van der Waals surface area contributed by atoms with E-state index in [1.54, 1.807) is 30.3 Å². The predicted molar refractivity (Wildman–Crippen MR) is 156 cm³/mol. The van der Waals surface area contributed by atoms with Crippen LogP contribution in [0.25, 0.3) is 11.3 Å². The molecule has 1 aromatic carbocycles. The summed E-state index contributed by atoms with van der Waals surface area (Å²) >= 11 is 0. The highest BCUT2D eigenvalue weighted by atomic mass is 19.1. The fourth-order valence-electron chi connectivity index (χ4n) is 4.44. The number of halogens is 1. The summed E-state index contributed by atoms with van der Waals surface area (Å²) in [6.45, 7) is 5.74. The minimum absolute atomic E-state index is 0.0161. The van der Waals surface area contributed by atoms with E-state index >= 15 is 4.39 Å². The number of carboxylic acid groups (broad SMARTS) is 1. The molecule has 12 heteroatoms. The number of carbonyl (C=O) groups excluding carboxylic acids is 3. The molecule has 1 fully saturated rings. The Morgan fingerprint density at radius 3 is 2.33 bits per heavy atom. The number of aliphatic carboxylic acids is 1. The van der Waals surface area contributed by atoms with E-state index in [0.717, 1.165) is 25.7 Å². The summed E-state index contributed by atoms with van der Waals surface area (Å²) in [6, 6.07) is 8.76. The zero-order valence-corrected chi connectivity index (χ0v) is 24.2. The van der Waals surface area contributed by atoms with Crippen molar-refractivity contribution < 1.29 is 33.4 Å². The molecule has 0 unspecified atom stereocenters. The molecule has 0 spiro atoms. The van der Waals surface area contributed by atoms with Crippen LogP contribution in [-0.4, -0.2) is 89.1 Å². The van der Waals surface area contributed by atoms with Gasteiger partial charge in [-0.3, -0.25) is 14.4 Å². The van der Waals surface area contributed by atoms with Crippen LogP contribution in [0, 0.1) is 5.82 Å². The highest BCUT2D eigenvalue weighted by Gasteiger charge is 2.31. The summed E-state index contributed by atoms with van der Waals surface area (Å²) in [6.07, 6.45) is 2.41. The van der Waals surface area contributed by atoms with Gasteiger partial charge < -0.3 is 30.3 Å². The third-order valence-corrected chi connectivity index (χ3v) is 6.91. The van der Waals surface area contributed by atoms with Crippen molar-refractivity contribution in [3.8, 4) is 11.3 Å². The third kappa shape index (κ3) is 9.15. The van der Waals surface area contributed by atoms with Crippen LogP contribution < -0.4 is 10.6 Å². The quantitative estimate of drug-likeness (QED) is 0.281. The van der Waals surface area contributed by atoms with Gasteiger partial charge in [0.25, 0.3) is 5.91 Å². The molecule has 3 N–H and O–H groups in total. The molecule has 3 amide bonds. The smallest absolute Gasteiger partial charge is 0.409 e. The molecule has 0 aliphatic carbocycles. The second kappa shape index (κ2) is 16.3. The maximum atomic E-state index is 15.4. The predicted octanol–water partition coefficient (Wildman–Crippen LogP) is 4.14. The zero-order chi connectivity index (χ0) is 30.5. The fraction of sp³-hybridized carbons (Fsp3) is 0.500. The number of ether oxygens (including phenoxy) is 1. The van der Waals surface area contributed by atoms with Gasteiger partial charge in [-0.1, -0.05) is 57.0 Å². The Kier molecular flexibility index (Phi) is 12.5. The van der Waals surface area contributed by atoms with E-state index in [9.17, 15) is 24.3 Å². The number of carbonyl (C=O) groups is 4. The summed E-state index contributed by atoms with van der Waals surface area (Å²) in [5.74, 6) is -2.91. The Balaban J connectivity index is 1.78. The molecule has 2 aromatic rings. The molecule has 1 aromatic heterocycles. The summed E-state index contributed by atoms with van der Waals surface area (Å²) in [5.41, 5.74) is 0.463. The number of benzene rings is 1. The van der Waals surface area contributed by atoms with E-state index in [-0.39, 0.29) is 56.1 Å². The Morgan fingerprint density at radius 1 is 1.02 bits per heavy atom. The van der Waals surface area contributed by atoms with Crippen LogP contribution >= 0.6 is 0 Å². The van der Waals surface area contributed by atoms with Crippen molar-refractivity contribution in [3.63, 3.8) is 0 Å². The molecule has 0 saturated carbocycles. The minimum Gasteiger partial charge on any atom is -0.481 e. The molecule has 3 rings (SSSR count). The number of piperazine rings is 1. The normalized spacial score (nSPS) is 13.8. The molecule has 11 nitrogen and oxygen atoms in total. The molecular weight excluding hydrogens is 545 g/mol. The summed E-state index contributed by atoms with van der Waals surface area (Å²) in [5, 5.41) is 14.9. The number of carboxylic acids is 1. The van der Waals surface area contributed by atoms with Gasteiger partial charge >= 0.3 is 12.1 Å². The van der Waals surface area contributed by atoms with Crippen LogP contribution in [0.5, 0.6) is 0 Å². The van der Waals surface area contributed by atoms with E-state index in [2.05, 4.69) is 15.6 Å². The first-order chi connectivity index (χ1) is 20.2. The minimum atomic E-state index is -1.15. The SMILES string of the molecule is CCCCNc1cc(C(=O)N[C@@H](CCC(=O)O)C(=O)N2CCN(C(=O)OCCCC)CC2)nc(-c2ccccc2)c1F. The summed E-state index contributed by atoms with van der Waals surface area (Å²) < 4.78 is 20.7. The Hall–Kier alpha value is -4.22. The number of nitrogens with one attached hydrogen (secondary N) is 2. The zero-order valence-electron chi connectivity index (χ0n) is 24.2. The first kappa shape index (κ1) is 32.3. The van der Waals surface area contributed by atoms with Crippen molar-refractivity contribution in [1.29, 1.82) is 0 Å². The number of aromatic nitrogens is 1. The lowest BCUT2D eigenvalue weighted by Gasteiger charge is -2.36. The molecule has 2 heterocycles. The van der Waals surface area contributed by atoms with Crippen molar-refractivity contribution in [2.75, 3.05) is 44.6 Å². The summed E-state index contributed by atoms with van der Waals surface area (Å²) in [4.78, 5) is 57.8. The van der Waals surface area contributed by atoms with E-state index < -0.39 is 35.7 Å². The highest BCUT2D eigenvalue weighted by Crippen LogP contribution is 2.27. The van der Waals surface area contributed by atoms with Gasteiger partial charge in [0.05, 0.1) is 12.3 Å². The molecule has 1 saturated heterocycles. The summed E-state index contributed by atoms with van der Waals surface area (Å²) in [7, 11) is 0. The maximum absolute atomic E-state index is 15.4. The maximum Gasteiger partial charge on any atom is 0.409 e. The van der Waals surface area contributed by atoms with E-state index in [1.165, 1.54) is 15.9 Å². The molecule has 1 aliphatic rings. The first-order valence-electron chi connectivity index (χ1n) is 14.5. The van der Waals surface area contributed by atoms with Crippen molar-refractivity contribution >= 4 is 29.6 Å². The highest BCUT2D eigenvalue weighted by molar-refractivity contribution is 5.97. The first-order valence-corrected chi connectivity index (χ1v) is 14.5. The van der Waals surface area contributed by atoms with E-state index in [0.29, 0.717) is 18.7 Å². The Morgan fingerprint density at radius 2 is 1.69 bits per heavy atom. The number of anilines is 1. The van der Waals surface area contributed by atoms with Gasteiger partial charge in [0.1, 0.15) is 17.4 Å². The van der Waals surface area contributed by atoms with Crippen LogP contribution in [0.4, 0.5) is 14.9 Å². The number of hydrogen-bond acceptors (Lipinski definition) is 7. The average molecular weight is 586 g/mol. The number of amides is 3. The van der Waals surface area contributed by atoms with Crippen LogP contribution in [0.1, 0.15) is 62.9 Å². The van der Waals surface area contributed by atoms with Crippen LogP contribution in [-0.2, 0) is 14.3 Å². The van der Waals surface area contributed by atoms with Gasteiger partial charge in [-0.05, 0) is 25.3 Å². The van der Waals surface area contributed by atoms with Crippen LogP contribution in [0.15, 0.2) is 36.4 Å². The fourth-order valence-corrected chi connectivity index (χ4v) is 4.44. The van der Waals surface area contributed by atoms with Crippen molar-refractivity contribution in [3.05, 3.63) is 47.9 Å². The monoisotopic (exact) mass is 585 g/mol. The van der Waals surface area contributed by atoms with Crippen molar-refractivity contribution in [2.45, 2.75) is 58.4 Å². The van der Waals surface area contributed by atoms with Gasteiger partial charge in [-0.25, -0.2) is 14.2 Å². The van der Waals surface area contributed by atoms with Gasteiger partial charge in [0.2, 0.25) is 5.91 Å². The molecule has 1 aliphatic heterocycles. The van der Waals surface area contributed by atoms with Gasteiger partial charge in [-0.2, -0.15) is 0 Å². The standard InChI is InChI=1S/C30H40FN5O6/c1-3-5-14-32-23-20-24(33-27(26(23)31)21-10-8-7-9-11-21)28(39)34-22(12-13-25(37)38)29(40)35-15-17-36(18-16-35)30(41)42-19-6-4-2/h7-11,20,22H,3-6,12-19H2,1-2H3,(H,32,33)(H,34,39)(H,37,38)/t22-/m0/s1.